The molecule has 0 unspecified atom stereocenters. The number of hydrogen-bond donors (Lipinski definition) is 0. The highest BCUT2D eigenvalue weighted by Gasteiger charge is 2.13. The van der Waals surface area contributed by atoms with E-state index < -0.39 is 11.5 Å². The maximum Gasteiger partial charge on any atom is 0.337 e. The number of ether oxygens (including phenoxy) is 1. The second kappa shape index (κ2) is 8.78. The van der Waals surface area contributed by atoms with Crippen LogP contribution in [0.3, 0.4) is 0 Å². The van der Waals surface area contributed by atoms with E-state index in [1.807, 2.05) is 12.1 Å². The third-order valence-electron chi connectivity index (χ3n) is 3.74. The van der Waals surface area contributed by atoms with Crippen LogP contribution < -0.4 is 5.56 Å². The van der Waals surface area contributed by atoms with E-state index >= 15 is 0 Å². The zero-order chi connectivity index (χ0) is 18.4. The molecule has 0 saturated carbocycles. The number of aryl methyl sites for hydroxylation is 1. The number of nitrogens with zero attached hydrogens (tertiary/aromatic N) is 2. The van der Waals surface area contributed by atoms with Gasteiger partial charge in [0.25, 0.3) is 5.56 Å². The molecule has 6 nitrogen and oxygen atoms in total. The number of esters is 1. The minimum Gasteiger partial charge on any atom is -0.465 e. The molecule has 132 valence electrons. The average Bonchev–Trinajstić information content (AvgIpc) is 2.62. The van der Waals surface area contributed by atoms with Crippen LogP contribution in [0.15, 0.2) is 40.3 Å². The van der Waals surface area contributed by atoms with Crippen molar-refractivity contribution in [1.82, 2.24) is 4.57 Å². The molecule has 0 saturated heterocycles. The van der Waals surface area contributed by atoms with E-state index in [0.29, 0.717) is 30.6 Å². The number of benzene rings is 1. The van der Waals surface area contributed by atoms with E-state index in [1.165, 1.54) is 17.7 Å². The first-order valence-corrected chi connectivity index (χ1v) is 8.27. The number of aromatic nitrogens is 1. The molecule has 1 aromatic heterocycles. The Hall–Kier alpha value is -2.18. The number of rotatable bonds is 7. The van der Waals surface area contributed by atoms with Crippen LogP contribution in [0.1, 0.15) is 28.0 Å². The molecule has 0 fully saturated rings. The van der Waals surface area contributed by atoms with Gasteiger partial charge in [-0.05, 0) is 36.6 Å². The molecule has 0 spiro atoms. The predicted octanol–water partition coefficient (Wildman–Crippen LogP) is 3.84. The third kappa shape index (κ3) is 4.67. The zero-order valence-electron chi connectivity index (χ0n) is 13.5. The Kier molecular flexibility index (Phi) is 6.73. The summed E-state index contributed by atoms with van der Waals surface area (Å²) in [6.45, 7) is 0.155. The highest BCUT2D eigenvalue weighted by molar-refractivity contribution is 6.34. The van der Waals surface area contributed by atoms with Crippen LogP contribution in [0.5, 0.6) is 0 Å². The Labute approximate surface area is 154 Å². The largest absolute Gasteiger partial charge is 0.465 e. The summed E-state index contributed by atoms with van der Waals surface area (Å²) in [5.74, 6) is -0.391. The van der Waals surface area contributed by atoms with Gasteiger partial charge in [-0.3, -0.25) is 4.79 Å². The van der Waals surface area contributed by atoms with Crippen molar-refractivity contribution in [3.8, 4) is 0 Å². The highest BCUT2D eigenvalue weighted by Crippen LogP contribution is 2.19. The minimum absolute atomic E-state index is 0.00193. The molecule has 0 radical (unpaired) electrons. The standard InChI is InChI=1S/C17H16Cl2N2O4/c1-25-17(23)12-6-4-11(5-7-12)3-2-8-21-15(10-20-24)13(18)9-14(19)16(21)22/h4-7,9H,2-3,8,10H2,1H3. The SMILES string of the molecule is COC(=O)c1ccc(CCCn2c(CN=O)c(Cl)cc(Cl)c2=O)cc1. The topological polar surface area (TPSA) is 77.7 Å². The quantitative estimate of drug-likeness (QED) is 0.538. The van der Waals surface area contributed by atoms with E-state index in [-0.39, 0.29) is 16.6 Å². The van der Waals surface area contributed by atoms with Crippen molar-refractivity contribution in [3.05, 3.63) is 72.5 Å². The number of methoxy groups -OCH3 is 1. The average molecular weight is 383 g/mol. The molecule has 2 aromatic rings. The van der Waals surface area contributed by atoms with Gasteiger partial charge in [0, 0.05) is 6.54 Å². The maximum absolute atomic E-state index is 12.2. The van der Waals surface area contributed by atoms with Gasteiger partial charge >= 0.3 is 5.97 Å². The van der Waals surface area contributed by atoms with Crippen LogP contribution >= 0.6 is 23.2 Å². The van der Waals surface area contributed by atoms with Gasteiger partial charge in [-0.1, -0.05) is 40.5 Å². The first-order chi connectivity index (χ1) is 12.0. The lowest BCUT2D eigenvalue weighted by Gasteiger charge is -2.13. The predicted molar refractivity (Wildman–Crippen MR) is 96.3 cm³/mol. The van der Waals surface area contributed by atoms with Crippen molar-refractivity contribution < 1.29 is 9.53 Å². The zero-order valence-corrected chi connectivity index (χ0v) is 15.0. The second-order valence-corrected chi connectivity index (χ2v) is 6.14. The van der Waals surface area contributed by atoms with Gasteiger partial charge in [0.05, 0.1) is 23.4 Å². The van der Waals surface area contributed by atoms with Gasteiger partial charge in [-0.15, -0.1) is 0 Å². The molecular formula is C17H16Cl2N2O4. The Morgan fingerprint density at radius 1 is 1.20 bits per heavy atom. The van der Waals surface area contributed by atoms with E-state index in [0.717, 1.165) is 5.56 Å². The van der Waals surface area contributed by atoms with Gasteiger partial charge in [0.15, 0.2) is 0 Å². The summed E-state index contributed by atoms with van der Waals surface area (Å²) in [5, 5.41) is 3.06. The van der Waals surface area contributed by atoms with E-state index in [1.54, 1.807) is 12.1 Å². The normalized spacial score (nSPS) is 10.5. The van der Waals surface area contributed by atoms with Crippen molar-refractivity contribution in [1.29, 1.82) is 0 Å². The second-order valence-electron chi connectivity index (χ2n) is 5.32. The molecule has 2 rings (SSSR count). The summed E-state index contributed by atoms with van der Waals surface area (Å²) >= 11 is 11.9. The number of hydrogen-bond acceptors (Lipinski definition) is 5. The molecule has 0 aliphatic carbocycles. The number of pyridine rings is 1. The molecule has 0 bridgehead atoms. The summed E-state index contributed by atoms with van der Waals surface area (Å²) in [7, 11) is 1.33. The first kappa shape index (κ1) is 19.1. The van der Waals surface area contributed by atoms with Gasteiger partial charge in [0.2, 0.25) is 0 Å². The molecular weight excluding hydrogens is 367 g/mol. The van der Waals surface area contributed by atoms with E-state index in [2.05, 4.69) is 9.91 Å². The Morgan fingerprint density at radius 2 is 1.88 bits per heavy atom. The Bertz CT molecular complexity index is 832. The Balaban J connectivity index is 2.10. The number of nitroso groups, excluding NO2 is 1. The number of halogens is 2. The summed E-state index contributed by atoms with van der Waals surface area (Å²) < 4.78 is 6.03. The van der Waals surface area contributed by atoms with Crippen LogP contribution in [0.2, 0.25) is 10.0 Å². The monoisotopic (exact) mass is 382 g/mol. The molecule has 0 N–H and O–H groups in total. The highest BCUT2D eigenvalue weighted by atomic mass is 35.5. The third-order valence-corrected chi connectivity index (χ3v) is 4.34. The van der Waals surface area contributed by atoms with Crippen LogP contribution in [0.4, 0.5) is 0 Å². The smallest absolute Gasteiger partial charge is 0.337 e. The Morgan fingerprint density at radius 3 is 2.48 bits per heavy atom. The number of carbonyl (C=O) groups excluding carboxylic acids is 1. The summed E-state index contributed by atoms with van der Waals surface area (Å²) in [5.41, 5.74) is 1.44. The molecule has 25 heavy (non-hydrogen) atoms. The fourth-order valence-corrected chi connectivity index (χ4v) is 3.00. The lowest BCUT2D eigenvalue weighted by molar-refractivity contribution is 0.0600. The lowest BCUT2D eigenvalue weighted by Crippen LogP contribution is -2.24. The number of carbonyl (C=O) groups is 1. The molecule has 1 heterocycles. The fraction of sp³-hybridized carbons (Fsp3) is 0.294. The molecule has 0 aliphatic rings. The van der Waals surface area contributed by atoms with Crippen LogP contribution in [-0.2, 0) is 24.2 Å². The summed E-state index contributed by atoms with van der Waals surface area (Å²) in [6.07, 6.45) is 1.30. The fourth-order valence-electron chi connectivity index (χ4n) is 2.46. The minimum atomic E-state index is -0.397. The van der Waals surface area contributed by atoms with Crippen LogP contribution in [-0.4, -0.2) is 17.6 Å². The van der Waals surface area contributed by atoms with E-state index in [4.69, 9.17) is 23.2 Å². The maximum atomic E-state index is 12.2. The van der Waals surface area contributed by atoms with Crippen molar-refractivity contribution >= 4 is 29.2 Å². The first-order valence-electron chi connectivity index (χ1n) is 7.52. The van der Waals surface area contributed by atoms with Crippen LogP contribution in [0, 0.1) is 4.91 Å². The molecule has 8 heteroatoms. The van der Waals surface area contributed by atoms with Gasteiger partial charge < -0.3 is 9.30 Å². The van der Waals surface area contributed by atoms with Crippen molar-refractivity contribution in [2.75, 3.05) is 7.11 Å². The molecule has 0 amide bonds. The van der Waals surface area contributed by atoms with Gasteiger partial charge in [0.1, 0.15) is 11.6 Å². The molecule has 0 aliphatic heterocycles. The van der Waals surface area contributed by atoms with Gasteiger partial charge in [-0.25, -0.2) is 4.79 Å². The van der Waals surface area contributed by atoms with Crippen LogP contribution in [0.25, 0.3) is 0 Å². The summed E-state index contributed by atoms with van der Waals surface area (Å²) in [4.78, 5) is 34.2. The van der Waals surface area contributed by atoms with Crippen molar-refractivity contribution in [2.45, 2.75) is 25.9 Å². The lowest BCUT2D eigenvalue weighted by atomic mass is 10.1. The van der Waals surface area contributed by atoms with Gasteiger partial charge in [-0.2, -0.15) is 4.91 Å². The molecule has 0 atom stereocenters. The van der Waals surface area contributed by atoms with Crippen molar-refractivity contribution in [3.63, 3.8) is 0 Å². The van der Waals surface area contributed by atoms with E-state index in [9.17, 15) is 14.5 Å². The summed E-state index contributed by atoms with van der Waals surface area (Å²) in [6, 6.07) is 8.35. The molecule has 1 aromatic carbocycles. The van der Waals surface area contributed by atoms with Crippen molar-refractivity contribution in [2.24, 2.45) is 5.18 Å².